The van der Waals surface area contributed by atoms with Gasteiger partial charge >= 0.3 is 0 Å². The highest BCUT2D eigenvalue weighted by Gasteiger charge is 2.26. The Morgan fingerprint density at radius 2 is 2.10 bits per heavy atom. The van der Waals surface area contributed by atoms with Crippen molar-refractivity contribution in [1.29, 1.82) is 0 Å². The van der Waals surface area contributed by atoms with Crippen molar-refractivity contribution in [1.82, 2.24) is 24.5 Å². The molecule has 0 unspecified atom stereocenters. The highest BCUT2D eigenvalue weighted by atomic mass is 16.2. The van der Waals surface area contributed by atoms with Gasteiger partial charge in [-0.3, -0.25) is 4.79 Å². The lowest BCUT2D eigenvalue weighted by molar-refractivity contribution is 0.0688. The van der Waals surface area contributed by atoms with Gasteiger partial charge in [0.2, 0.25) is 0 Å². The molecule has 6 nitrogen and oxygen atoms in total. The minimum Gasteiger partial charge on any atom is -0.354 e. The van der Waals surface area contributed by atoms with Gasteiger partial charge in [-0.2, -0.15) is 0 Å². The van der Waals surface area contributed by atoms with Crippen molar-refractivity contribution in [2.24, 2.45) is 7.05 Å². The number of piperidine rings is 1. The molecule has 0 aromatic carbocycles. The SMILES string of the molecule is CCc1c(C(=O)N2CCC(n3ccnn3)CC2)ccn1C. The average Bonchev–Trinajstić information content (AvgIpc) is 3.16. The molecule has 0 radical (unpaired) electrons. The lowest BCUT2D eigenvalue weighted by atomic mass is 10.0. The summed E-state index contributed by atoms with van der Waals surface area (Å²) in [5, 5.41) is 7.91. The second-order valence-electron chi connectivity index (χ2n) is 5.55. The maximum atomic E-state index is 12.7. The predicted octanol–water partition coefficient (Wildman–Crippen LogP) is 1.66. The number of rotatable bonds is 3. The van der Waals surface area contributed by atoms with E-state index in [1.165, 1.54) is 0 Å². The van der Waals surface area contributed by atoms with Gasteiger partial charge in [-0.1, -0.05) is 12.1 Å². The second kappa shape index (κ2) is 5.71. The van der Waals surface area contributed by atoms with Gasteiger partial charge in [0, 0.05) is 38.2 Å². The molecule has 0 saturated carbocycles. The van der Waals surface area contributed by atoms with Crippen molar-refractivity contribution >= 4 is 5.91 Å². The molecule has 0 atom stereocenters. The first-order chi connectivity index (χ1) is 10.2. The van der Waals surface area contributed by atoms with Crippen LogP contribution in [0.25, 0.3) is 0 Å². The summed E-state index contributed by atoms with van der Waals surface area (Å²) in [6, 6.07) is 2.29. The van der Waals surface area contributed by atoms with Crippen LogP contribution in [0, 0.1) is 0 Å². The Hall–Kier alpha value is -2.11. The number of carbonyl (C=O) groups is 1. The van der Waals surface area contributed by atoms with Gasteiger partial charge in [0.25, 0.3) is 5.91 Å². The number of nitrogens with zero attached hydrogens (tertiary/aromatic N) is 5. The summed E-state index contributed by atoms with van der Waals surface area (Å²) in [6.07, 6.45) is 8.31. The van der Waals surface area contributed by atoms with Gasteiger partial charge in [-0.05, 0) is 25.3 Å². The van der Waals surface area contributed by atoms with Gasteiger partial charge in [-0.25, -0.2) is 4.68 Å². The Morgan fingerprint density at radius 3 is 2.71 bits per heavy atom. The molecule has 1 fully saturated rings. The summed E-state index contributed by atoms with van der Waals surface area (Å²) < 4.78 is 3.94. The first kappa shape index (κ1) is 13.9. The molecule has 1 amide bonds. The third-order valence-electron chi connectivity index (χ3n) is 4.33. The number of aromatic nitrogens is 4. The molecule has 6 heteroatoms. The first-order valence-electron chi connectivity index (χ1n) is 7.50. The maximum absolute atomic E-state index is 12.7. The van der Waals surface area contributed by atoms with E-state index < -0.39 is 0 Å². The zero-order chi connectivity index (χ0) is 14.8. The van der Waals surface area contributed by atoms with E-state index in [2.05, 4.69) is 17.2 Å². The van der Waals surface area contributed by atoms with Crippen LogP contribution in [0.3, 0.4) is 0 Å². The van der Waals surface area contributed by atoms with Crippen LogP contribution in [0.15, 0.2) is 24.7 Å². The Balaban J connectivity index is 1.67. The first-order valence-corrected chi connectivity index (χ1v) is 7.50. The molecular weight excluding hydrogens is 266 g/mol. The molecule has 1 aliphatic heterocycles. The number of carbonyl (C=O) groups excluding carboxylic acids is 1. The largest absolute Gasteiger partial charge is 0.354 e. The van der Waals surface area contributed by atoms with E-state index >= 15 is 0 Å². The minimum absolute atomic E-state index is 0.157. The van der Waals surface area contributed by atoms with E-state index in [1.807, 2.05) is 39.7 Å². The van der Waals surface area contributed by atoms with Crippen molar-refractivity contribution in [2.75, 3.05) is 13.1 Å². The molecule has 0 N–H and O–H groups in total. The lowest BCUT2D eigenvalue weighted by Crippen LogP contribution is -2.39. The van der Waals surface area contributed by atoms with Crippen molar-refractivity contribution < 1.29 is 4.79 Å². The highest BCUT2D eigenvalue weighted by Crippen LogP contribution is 2.23. The molecule has 0 bridgehead atoms. The van der Waals surface area contributed by atoms with Crippen molar-refractivity contribution in [3.8, 4) is 0 Å². The molecule has 1 aliphatic rings. The number of hydrogen-bond donors (Lipinski definition) is 0. The van der Waals surface area contributed by atoms with Gasteiger partial charge in [0.15, 0.2) is 0 Å². The number of likely N-dealkylation sites (tertiary alicyclic amines) is 1. The second-order valence-corrected chi connectivity index (χ2v) is 5.55. The molecule has 21 heavy (non-hydrogen) atoms. The fraction of sp³-hybridized carbons (Fsp3) is 0.533. The quantitative estimate of drug-likeness (QED) is 0.862. The van der Waals surface area contributed by atoms with Crippen LogP contribution in [0.5, 0.6) is 0 Å². The van der Waals surface area contributed by atoms with Crippen molar-refractivity contribution in [2.45, 2.75) is 32.2 Å². The molecule has 2 aromatic heterocycles. The highest BCUT2D eigenvalue weighted by molar-refractivity contribution is 5.95. The van der Waals surface area contributed by atoms with Gasteiger partial charge in [0.05, 0.1) is 17.8 Å². The Labute approximate surface area is 124 Å². The third kappa shape index (κ3) is 2.57. The smallest absolute Gasteiger partial charge is 0.255 e. The van der Waals surface area contributed by atoms with Crippen LogP contribution in [-0.2, 0) is 13.5 Å². The van der Waals surface area contributed by atoms with Crippen LogP contribution in [0.2, 0.25) is 0 Å². The molecule has 1 saturated heterocycles. The molecule has 112 valence electrons. The molecule has 0 spiro atoms. The van der Waals surface area contributed by atoms with Gasteiger partial charge in [-0.15, -0.1) is 5.10 Å². The summed E-state index contributed by atoms with van der Waals surface area (Å²) in [6.45, 7) is 3.64. The van der Waals surface area contributed by atoms with Crippen molar-refractivity contribution in [3.63, 3.8) is 0 Å². The molecule has 0 aliphatic carbocycles. The number of aryl methyl sites for hydroxylation is 1. The van der Waals surface area contributed by atoms with Crippen LogP contribution in [0.4, 0.5) is 0 Å². The third-order valence-corrected chi connectivity index (χ3v) is 4.33. The monoisotopic (exact) mass is 287 g/mol. The topological polar surface area (TPSA) is 56.0 Å². The predicted molar refractivity (Wildman–Crippen MR) is 79.0 cm³/mol. The lowest BCUT2D eigenvalue weighted by Gasteiger charge is -2.32. The Morgan fingerprint density at radius 1 is 1.33 bits per heavy atom. The zero-order valence-corrected chi connectivity index (χ0v) is 12.6. The van der Waals surface area contributed by atoms with E-state index in [9.17, 15) is 4.79 Å². The van der Waals surface area contributed by atoms with E-state index in [4.69, 9.17) is 0 Å². The molecule has 3 heterocycles. The Kier molecular flexibility index (Phi) is 3.77. The maximum Gasteiger partial charge on any atom is 0.255 e. The fourth-order valence-corrected chi connectivity index (χ4v) is 3.11. The summed E-state index contributed by atoms with van der Waals surface area (Å²) >= 11 is 0. The van der Waals surface area contributed by atoms with Gasteiger partial charge in [0.1, 0.15) is 0 Å². The molecule has 2 aromatic rings. The Bertz CT molecular complexity index is 608. The van der Waals surface area contributed by atoms with Crippen molar-refractivity contribution in [3.05, 3.63) is 35.9 Å². The van der Waals surface area contributed by atoms with E-state index in [1.54, 1.807) is 6.20 Å². The van der Waals surface area contributed by atoms with Crippen LogP contribution in [0.1, 0.15) is 41.9 Å². The van der Waals surface area contributed by atoms with E-state index in [0.717, 1.165) is 43.6 Å². The standard InChI is InChI=1S/C15H21N5O/c1-3-14-13(6-8-18(14)2)15(21)19-9-4-12(5-10-19)20-11-7-16-17-20/h6-8,11-12H,3-5,9-10H2,1-2H3. The molecule has 3 rings (SSSR count). The van der Waals surface area contributed by atoms with Crippen LogP contribution < -0.4 is 0 Å². The number of amides is 1. The van der Waals surface area contributed by atoms with E-state index in [-0.39, 0.29) is 5.91 Å². The molecular formula is C15H21N5O. The van der Waals surface area contributed by atoms with E-state index in [0.29, 0.717) is 6.04 Å². The summed E-state index contributed by atoms with van der Waals surface area (Å²) in [4.78, 5) is 14.6. The van der Waals surface area contributed by atoms with Gasteiger partial charge < -0.3 is 9.47 Å². The summed E-state index contributed by atoms with van der Waals surface area (Å²) in [5.74, 6) is 0.157. The van der Waals surface area contributed by atoms with Crippen LogP contribution >= 0.6 is 0 Å². The minimum atomic E-state index is 0.157. The zero-order valence-electron chi connectivity index (χ0n) is 12.6. The number of hydrogen-bond acceptors (Lipinski definition) is 3. The fourth-order valence-electron chi connectivity index (χ4n) is 3.11. The van der Waals surface area contributed by atoms with Crippen LogP contribution in [-0.4, -0.2) is 43.5 Å². The average molecular weight is 287 g/mol. The summed E-state index contributed by atoms with van der Waals surface area (Å²) in [5.41, 5.74) is 1.96. The summed E-state index contributed by atoms with van der Waals surface area (Å²) in [7, 11) is 1.99. The normalized spacial score (nSPS) is 16.4.